The molecule has 14 rings (SSSR count). The molecular weight excluding hydrogens is 835 g/mol. The fourth-order valence-corrected chi connectivity index (χ4v) is 11.0. The van der Waals surface area contributed by atoms with Crippen molar-refractivity contribution in [2.24, 2.45) is 0 Å². The minimum atomic E-state index is 1.09. The van der Waals surface area contributed by atoms with Crippen molar-refractivity contribution in [3.05, 3.63) is 261 Å². The quantitative estimate of drug-likeness (QED) is 0.148. The van der Waals surface area contributed by atoms with Gasteiger partial charge in [-0.05, 0) is 117 Å². The molecule has 3 heterocycles. The molecule has 14 aromatic rings. The van der Waals surface area contributed by atoms with Crippen molar-refractivity contribution in [1.82, 2.24) is 8.97 Å². The lowest BCUT2D eigenvalue weighted by molar-refractivity contribution is 1.18. The maximum absolute atomic E-state index is 2.46. The van der Waals surface area contributed by atoms with E-state index in [1.165, 1.54) is 104 Å². The van der Waals surface area contributed by atoms with Crippen LogP contribution >= 0.6 is 0 Å². The van der Waals surface area contributed by atoms with Crippen molar-refractivity contribution in [1.29, 1.82) is 0 Å². The van der Waals surface area contributed by atoms with Crippen molar-refractivity contribution in [3.63, 3.8) is 0 Å². The normalized spacial score (nSPS) is 11.8. The van der Waals surface area contributed by atoms with Gasteiger partial charge in [0.1, 0.15) is 0 Å². The third-order valence-corrected chi connectivity index (χ3v) is 14.3. The maximum Gasteiger partial charge on any atom is 0.0620 e. The highest BCUT2D eigenvalue weighted by Crippen LogP contribution is 2.42. The van der Waals surface area contributed by atoms with Crippen LogP contribution in [0.3, 0.4) is 0 Å². The summed E-state index contributed by atoms with van der Waals surface area (Å²) in [6, 6.07) is 95.2. The molecule has 0 fully saturated rings. The second-order valence-corrected chi connectivity index (χ2v) is 18.1. The summed E-state index contributed by atoms with van der Waals surface area (Å²) in [7, 11) is 0. The summed E-state index contributed by atoms with van der Waals surface area (Å²) in [5.74, 6) is 0. The first-order valence-electron chi connectivity index (χ1n) is 23.7. The molecule has 0 N–H and O–H groups in total. The molecule has 322 valence electrons. The van der Waals surface area contributed by atoms with Crippen molar-refractivity contribution in [3.8, 4) is 50.2 Å². The molecule has 3 nitrogen and oxygen atoms in total. The number of aromatic nitrogens is 2. The van der Waals surface area contributed by atoms with Crippen LogP contribution in [0, 0.1) is 0 Å². The van der Waals surface area contributed by atoms with Gasteiger partial charge in [0, 0.05) is 55.1 Å². The average molecular weight is 878 g/mol. The zero-order valence-corrected chi connectivity index (χ0v) is 37.7. The second kappa shape index (κ2) is 15.7. The lowest BCUT2D eigenvalue weighted by Gasteiger charge is -2.26. The lowest BCUT2D eigenvalue weighted by Crippen LogP contribution is -2.09. The molecule has 0 spiro atoms. The zero-order chi connectivity index (χ0) is 45.4. The highest BCUT2D eigenvalue weighted by Gasteiger charge is 2.19. The molecule has 69 heavy (non-hydrogen) atoms. The van der Waals surface area contributed by atoms with Gasteiger partial charge in [0.05, 0.1) is 27.6 Å². The van der Waals surface area contributed by atoms with Crippen LogP contribution in [0.25, 0.3) is 110 Å². The SMILES string of the molecule is c1ccc(-c2ccc(-c3ccc(N(c4ccc(-c5ccc(-n6c7ccccc7c7ccccc76)cc5)cc4)c4ccc(-c5ccc6c7cccc8c9ccccc9n(c6c5)c87)cc4)cc3)cc2)cc1. The number of hydrogen-bond donors (Lipinski definition) is 0. The van der Waals surface area contributed by atoms with Gasteiger partial charge in [0.15, 0.2) is 0 Å². The Kier molecular flexibility index (Phi) is 8.90. The van der Waals surface area contributed by atoms with Crippen LogP contribution in [-0.4, -0.2) is 8.97 Å². The van der Waals surface area contributed by atoms with Crippen molar-refractivity contribution < 1.29 is 0 Å². The van der Waals surface area contributed by atoms with E-state index < -0.39 is 0 Å². The van der Waals surface area contributed by atoms with Gasteiger partial charge in [-0.15, -0.1) is 0 Å². The topological polar surface area (TPSA) is 12.6 Å². The highest BCUT2D eigenvalue weighted by molar-refractivity contribution is 6.23. The summed E-state index contributed by atoms with van der Waals surface area (Å²) in [6.45, 7) is 0. The number of para-hydroxylation sites is 4. The molecule has 0 unspecified atom stereocenters. The van der Waals surface area contributed by atoms with E-state index in [1.54, 1.807) is 0 Å². The first-order chi connectivity index (χ1) is 34.2. The smallest absolute Gasteiger partial charge is 0.0620 e. The van der Waals surface area contributed by atoms with Gasteiger partial charge in [0.25, 0.3) is 0 Å². The number of fused-ring (bicyclic) bond motifs is 9. The van der Waals surface area contributed by atoms with E-state index in [0.29, 0.717) is 0 Å². The summed E-state index contributed by atoms with van der Waals surface area (Å²) in [6.07, 6.45) is 0. The molecule has 0 aliphatic rings. The fourth-order valence-electron chi connectivity index (χ4n) is 11.0. The molecule has 0 aliphatic heterocycles. The Morgan fingerprint density at radius 3 is 1.09 bits per heavy atom. The molecule has 11 aromatic carbocycles. The molecule has 0 aliphatic carbocycles. The van der Waals surface area contributed by atoms with Crippen LogP contribution < -0.4 is 4.90 Å². The molecule has 0 saturated carbocycles. The first-order valence-corrected chi connectivity index (χ1v) is 23.7. The fraction of sp³-hybridized carbons (Fsp3) is 0. The molecule has 0 bridgehead atoms. The Morgan fingerprint density at radius 2 is 0.580 bits per heavy atom. The largest absolute Gasteiger partial charge is 0.311 e. The molecule has 0 atom stereocenters. The third-order valence-electron chi connectivity index (χ3n) is 14.3. The Bertz CT molecular complexity index is 4130. The maximum atomic E-state index is 2.46. The van der Waals surface area contributed by atoms with Crippen molar-refractivity contribution >= 4 is 77.0 Å². The Labute approximate surface area is 400 Å². The van der Waals surface area contributed by atoms with Crippen LogP contribution in [0.1, 0.15) is 0 Å². The van der Waals surface area contributed by atoms with Crippen LogP contribution in [-0.2, 0) is 0 Å². The van der Waals surface area contributed by atoms with Gasteiger partial charge in [-0.2, -0.15) is 0 Å². The second-order valence-electron chi connectivity index (χ2n) is 18.1. The lowest BCUT2D eigenvalue weighted by atomic mass is 10.00. The molecule has 0 radical (unpaired) electrons. The van der Waals surface area contributed by atoms with Gasteiger partial charge >= 0.3 is 0 Å². The predicted molar refractivity (Wildman–Crippen MR) is 292 cm³/mol. The first kappa shape index (κ1) is 39.0. The average Bonchev–Trinajstić information content (AvgIpc) is 4.07. The zero-order valence-electron chi connectivity index (χ0n) is 37.7. The number of anilines is 3. The number of rotatable bonds is 8. The third kappa shape index (κ3) is 6.36. The van der Waals surface area contributed by atoms with Crippen LogP contribution in [0.2, 0.25) is 0 Å². The molecule has 0 saturated heterocycles. The predicted octanol–water partition coefficient (Wildman–Crippen LogP) is 18.1. The van der Waals surface area contributed by atoms with E-state index in [9.17, 15) is 0 Å². The molecule has 3 heteroatoms. The molecule has 0 amide bonds. The summed E-state index contributed by atoms with van der Waals surface area (Å²) in [5, 5.41) is 7.72. The van der Waals surface area contributed by atoms with Crippen molar-refractivity contribution in [2.75, 3.05) is 4.90 Å². The summed E-state index contributed by atoms with van der Waals surface area (Å²) in [5.41, 5.74) is 20.2. The van der Waals surface area contributed by atoms with Gasteiger partial charge < -0.3 is 13.9 Å². The molecular formula is C66H43N3. The van der Waals surface area contributed by atoms with E-state index in [1.807, 2.05) is 0 Å². The standard InChI is InChI=1S/C66H43N3/c1-2-11-44(12-3-1)45-21-23-46(24-22-45)47-25-34-52(35-26-47)67(53-36-27-48(28-37-53)49-29-40-55(41-30-49)68-62-18-7-4-13-56(62)57-14-5-8-19-63(57)68)54-38-31-50(32-39-54)51-33-42-59-61-17-10-16-60-58-15-6-9-20-64(58)69(66(60)61)65(59)43-51/h1-43H. The minimum absolute atomic E-state index is 1.09. The van der Waals surface area contributed by atoms with E-state index in [0.717, 1.165) is 22.7 Å². The Hall–Kier alpha value is -9.18. The Balaban J connectivity index is 0.816. The van der Waals surface area contributed by atoms with E-state index in [-0.39, 0.29) is 0 Å². The minimum Gasteiger partial charge on any atom is -0.311 e. The van der Waals surface area contributed by atoms with E-state index >= 15 is 0 Å². The van der Waals surface area contributed by atoms with Crippen molar-refractivity contribution in [2.45, 2.75) is 0 Å². The Morgan fingerprint density at radius 1 is 0.232 bits per heavy atom. The summed E-state index contributed by atoms with van der Waals surface area (Å²) in [4.78, 5) is 2.36. The highest BCUT2D eigenvalue weighted by atomic mass is 15.1. The molecule has 3 aromatic heterocycles. The van der Waals surface area contributed by atoms with Crippen LogP contribution in [0.15, 0.2) is 261 Å². The summed E-state index contributed by atoms with van der Waals surface area (Å²) >= 11 is 0. The van der Waals surface area contributed by atoms with Gasteiger partial charge in [-0.3, -0.25) is 0 Å². The summed E-state index contributed by atoms with van der Waals surface area (Å²) < 4.78 is 4.83. The number of hydrogen-bond acceptors (Lipinski definition) is 1. The van der Waals surface area contributed by atoms with Gasteiger partial charge in [-0.1, -0.05) is 188 Å². The number of benzene rings is 11. The van der Waals surface area contributed by atoms with E-state index in [2.05, 4.69) is 275 Å². The van der Waals surface area contributed by atoms with Crippen LogP contribution in [0.4, 0.5) is 17.1 Å². The number of nitrogens with zero attached hydrogens (tertiary/aromatic N) is 3. The van der Waals surface area contributed by atoms with Crippen LogP contribution in [0.5, 0.6) is 0 Å². The van der Waals surface area contributed by atoms with Gasteiger partial charge in [-0.25, -0.2) is 0 Å². The monoisotopic (exact) mass is 877 g/mol. The van der Waals surface area contributed by atoms with E-state index in [4.69, 9.17) is 0 Å². The van der Waals surface area contributed by atoms with Gasteiger partial charge in [0.2, 0.25) is 0 Å².